The molecule has 3 heterocycles. The van der Waals surface area contributed by atoms with Gasteiger partial charge in [0.15, 0.2) is 11.6 Å². The number of hydrogen-bond donors (Lipinski definition) is 2. The Hall–Kier alpha value is -3.62. The van der Waals surface area contributed by atoms with E-state index in [2.05, 4.69) is 4.98 Å². The highest BCUT2D eigenvalue weighted by atomic mass is 19.1. The molecule has 0 amide bonds. The van der Waals surface area contributed by atoms with E-state index in [4.69, 9.17) is 25.4 Å². The van der Waals surface area contributed by atoms with Crippen molar-refractivity contribution in [3.05, 3.63) is 83.2 Å². The monoisotopic (exact) mass is 493 g/mol. The summed E-state index contributed by atoms with van der Waals surface area (Å²) in [4.78, 5) is 3.74. The molecule has 6 nitrogen and oxygen atoms in total. The number of benzene rings is 2. The maximum atomic E-state index is 15.3. The van der Waals surface area contributed by atoms with Crippen molar-refractivity contribution in [2.75, 3.05) is 26.4 Å². The van der Waals surface area contributed by atoms with Crippen LogP contribution < -0.4 is 10.5 Å². The number of amidine groups is 1. The topological polar surface area (TPSA) is 90.5 Å². The summed E-state index contributed by atoms with van der Waals surface area (Å²) in [5, 5.41) is 7.47. The van der Waals surface area contributed by atoms with Gasteiger partial charge in [-0.15, -0.1) is 0 Å². The first-order valence-electron chi connectivity index (χ1n) is 11.9. The van der Waals surface area contributed by atoms with Gasteiger partial charge in [0.05, 0.1) is 19.8 Å². The zero-order chi connectivity index (χ0) is 25.7. The Morgan fingerprint density at radius 2 is 1.94 bits per heavy atom. The van der Waals surface area contributed by atoms with Crippen molar-refractivity contribution in [1.29, 1.82) is 5.41 Å². The van der Waals surface area contributed by atoms with E-state index < -0.39 is 17.7 Å². The highest BCUT2D eigenvalue weighted by Gasteiger charge is 2.31. The van der Waals surface area contributed by atoms with Gasteiger partial charge < -0.3 is 19.9 Å². The van der Waals surface area contributed by atoms with Gasteiger partial charge in [-0.2, -0.15) is 4.39 Å². The Morgan fingerprint density at radius 1 is 1.14 bits per heavy atom. The maximum Gasteiger partial charge on any atom is 0.220 e. The second kappa shape index (κ2) is 11.4. The average Bonchev–Trinajstić information content (AvgIpc) is 2.90. The standard InChI is InChI=1S/C26H23F2N3O3.C2H6/c27-22-11-17(16-3-2-8-32-12-16)10-20-21(13-33-14-24(29)30)19-9-15(5-6-23(19)34-25(20)22)18-4-1-7-31-26(18)28;1-2/h1,3-7,9-11,21H,2,8,12-14H2,(H3,29,30);1-2H3. The molecule has 0 radical (unpaired) electrons. The molecular formula is C28H29F2N3O3. The molecule has 2 aliphatic heterocycles. The van der Waals surface area contributed by atoms with E-state index in [1.807, 2.05) is 32.1 Å². The lowest BCUT2D eigenvalue weighted by molar-refractivity contribution is 0.159. The normalized spacial score (nSPS) is 16.0. The third kappa shape index (κ3) is 5.29. The largest absolute Gasteiger partial charge is 0.454 e. The van der Waals surface area contributed by atoms with Gasteiger partial charge in [-0.25, -0.2) is 9.37 Å². The van der Waals surface area contributed by atoms with Gasteiger partial charge in [0.25, 0.3) is 0 Å². The molecule has 2 aliphatic rings. The van der Waals surface area contributed by atoms with Crippen LogP contribution in [0.4, 0.5) is 8.78 Å². The molecule has 0 saturated carbocycles. The fourth-order valence-electron chi connectivity index (χ4n) is 4.35. The first-order valence-corrected chi connectivity index (χ1v) is 11.9. The van der Waals surface area contributed by atoms with Crippen LogP contribution in [0.2, 0.25) is 0 Å². The summed E-state index contributed by atoms with van der Waals surface area (Å²) < 4.78 is 46.8. The van der Waals surface area contributed by atoms with E-state index in [1.54, 1.807) is 24.3 Å². The van der Waals surface area contributed by atoms with Gasteiger partial charge in [0, 0.05) is 28.8 Å². The van der Waals surface area contributed by atoms with Gasteiger partial charge in [0.1, 0.15) is 18.2 Å². The number of nitrogens with zero attached hydrogens (tertiary/aromatic N) is 1. The van der Waals surface area contributed by atoms with Gasteiger partial charge >= 0.3 is 0 Å². The molecular weight excluding hydrogens is 464 g/mol. The Balaban J connectivity index is 0.00000148. The highest BCUT2D eigenvalue weighted by Crippen LogP contribution is 2.47. The number of nitrogens with one attached hydrogen (secondary N) is 1. The van der Waals surface area contributed by atoms with Crippen molar-refractivity contribution < 1.29 is 23.0 Å². The van der Waals surface area contributed by atoms with Crippen molar-refractivity contribution in [2.24, 2.45) is 5.73 Å². The van der Waals surface area contributed by atoms with Crippen molar-refractivity contribution in [3.63, 3.8) is 0 Å². The highest BCUT2D eigenvalue weighted by molar-refractivity contribution is 5.78. The van der Waals surface area contributed by atoms with E-state index in [0.29, 0.717) is 41.2 Å². The van der Waals surface area contributed by atoms with Crippen LogP contribution in [0.15, 0.2) is 54.7 Å². The zero-order valence-corrected chi connectivity index (χ0v) is 20.3. The predicted octanol–water partition coefficient (Wildman–Crippen LogP) is 6.05. The summed E-state index contributed by atoms with van der Waals surface area (Å²) in [5.41, 5.74) is 9.40. The van der Waals surface area contributed by atoms with Gasteiger partial charge in [0.2, 0.25) is 5.95 Å². The predicted molar refractivity (Wildman–Crippen MR) is 135 cm³/mol. The molecule has 0 fully saturated rings. The van der Waals surface area contributed by atoms with Crippen molar-refractivity contribution >= 4 is 11.4 Å². The molecule has 1 aromatic heterocycles. The number of fused-ring (bicyclic) bond motifs is 2. The van der Waals surface area contributed by atoms with Crippen molar-refractivity contribution in [3.8, 4) is 22.6 Å². The number of hydrogen-bond acceptors (Lipinski definition) is 5. The minimum Gasteiger partial charge on any atom is -0.454 e. The molecule has 3 N–H and O–H groups in total. The van der Waals surface area contributed by atoms with Crippen LogP contribution in [0.5, 0.6) is 11.5 Å². The van der Waals surface area contributed by atoms with Crippen molar-refractivity contribution in [2.45, 2.75) is 26.2 Å². The fourth-order valence-corrected chi connectivity index (χ4v) is 4.35. The lowest BCUT2D eigenvalue weighted by Crippen LogP contribution is -2.22. The summed E-state index contributed by atoms with van der Waals surface area (Å²) in [6.45, 7) is 5.13. The van der Waals surface area contributed by atoms with Crippen LogP contribution >= 0.6 is 0 Å². The third-order valence-electron chi connectivity index (χ3n) is 5.94. The van der Waals surface area contributed by atoms with Crippen LogP contribution in [0.1, 0.15) is 42.9 Å². The smallest absolute Gasteiger partial charge is 0.220 e. The second-order valence-corrected chi connectivity index (χ2v) is 8.24. The number of nitrogens with two attached hydrogens (primary N) is 1. The molecule has 0 spiro atoms. The average molecular weight is 494 g/mol. The molecule has 0 saturated heterocycles. The van der Waals surface area contributed by atoms with E-state index in [1.165, 1.54) is 12.3 Å². The lowest BCUT2D eigenvalue weighted by Gasteiger charge is -2.30. The summed E-state index contributed by atoms with van der Waals surface area (Å²) in [6.07, 6.45) is 4.20. The number of halogens is 2. The van der Waals surface area contributed by atoms with E-state index in [0.717, 1.165) is 17.6 Å². The van der Waals surface area contributed by atoms with Crippen LogP contribution in [0.3, 0.4) is 0 Å². The molecule has 8 heteroatoms. The fraction of sp³-hybridized carbons (Fsp3) is 0.286. The number of aromatic nitrogens is 1. The quantitative estimate of drug-likeness (QED) is 0.248. The minimum absolute atomic E-state index is 0.0554. The molecule has 1 atom stereocenters. The third-order valence-corrected chi connectivity index (χ3v) is 5.94. The van der Waals surface area contributed by atoms with Gasteiger partial charge in [-0.05, 0) is 59.5 Å². The Labute approximate surface area is 209 Å². The number of rotatable bonds is 6. The first kappa shape index (κ1) is 25.5. The number of ether oxygens (including phenoxy) is 3. The van der Waals surface area contributed by atoms with Crippen molar-refractivity contribution in [1.82, 2.24) is 4.98 Å². The van der Waals surface area contributed by atoms with E-state index in [9.17, 15) is 4.39 Å². The van der Waals surface area contributed by atoms with Crippen LogP contribution in [0, 0.1) is 17.2 Å². The summed E-state index contributed by atoms with van der Waals surface area (Å²) in [7, 11) is 0. The Kier molecular flexibility index (Phi) is 8.07. The molecule has 36 heavy (non-hydrogen) atoms. The molecule has 5 rings (SSSR count). The molecule has 2 aromatic carbocycles. The van der Waals surface area contributed by atoms with Crippen LogP contribution in [0.25, 0.3) is 16.7 Å². The minimum atomic E-state index is -0.582. The Bertz CT molecular complexity index is 1290. The first-order chi connectivity index (χ1) is 17.5. The van der Waals surface area contributed by atoms with Crippen LogP contribution in [-0.4, -0.2) is 37.2 Å². The Morgan fingerprint density at radius 3 is 2.67 bits per heavy atom. The maximum absolute atomic E-state index is 15.3. The molecule has 0 bridgehead atoms. The second-order valence-electron chi connectivity index (χ2n) is 8.24. The molecule has 188 valence electrons. The van der Waals surface area contributed by atoms with E-state index >= 15 is 4.39 Å². The zero-order valence-electron chi connectivity index (χ0n) is 20.3. The SMILES string of the molecule is CC.N=C(N)COCC1c2cc(-c3cccnc3F)ccc2Oc2c(F)cc(C3=CCCOC3)cc21. The molecule has 3 aromatic rings. The summed E-state index contributed by atoms with van der Waals surface area (Å²) >= 11 is 0. The van der Waals surface area contributed by atoms with Gasteiger partial charge in [-0.1, -0.05) is 26.0 Å². The van der Waals surface area contributed by atoms with E-state index in [-0.39, 0.29) is 24.8 Å². The van der Waals surface area contributed by atoms with Gasteiger partial charge in [-0.3, -0.25) is 5.41 Å². The lowest BCUT2D eigenvalue weighted by atomic mass is 9.85. The molecule has 0 aliphatic carbocycles. The summed E-state index contributed by atoms with van der Waals surface area (Å²) in [6, 6.07) is 11.9. The summed E-state index contributed by atoms with van der Waals surface area (Å²) in [5.74, 6) is -1.00. The number of pyridine rings is 1. The van der Waals surface area contributed by atoms with Crippen LogP contribution in [-0.2, 0) is 9.47 Å². The molecule has 1 unspecified atom stereocenters.